The molecule has 0 saturated carbocycles. The number of aliphatic imine (C=N–C) groups is 1. The highest BCUT2D eigenvalue weighted by Crippen LogP contribution is 2.29. The molecule has 5 heteroatoms. The van der Waals surface area contributed by atoms with Crippen molar-refractivity contribution >= 4 is 17.9 Å². The average Bonchev–Trinajstić information content (AvgIpc) is 2.97. The molecule has 0 atom stereocenters. The third kappa shape index (κ3) is 3.15. The Morgan fingerprint density at radius 2 is 1.71 bits per heavy atom. The molecule has 122 valence electrons. The molecule has 1 aliphatic rings. The molecule has 0 fully saturated rings. The maximum absolute atomic E-state index is 12.0. The Morgan fingerprint density at radius 1 is 1.00 bits per heavy atom. The molecule has 0 unspecified atom stereocenters. The van der Waals surface area contributed by atoms with Crippen LogP contribution in [0.15, 0.2) is 53.2 Å². The summed E-state index contributed by atoms with van der Waals surface area (Å²) in [5.74, 6) is 0.922. The van der Waals surface area contributed by atoms with E-state index in [2.05, 4.69) is 4.99 Å². The summed E-state index contributed by atoms with van der Waals surface area (Å²) in [6.07, 6.45) is 1.70. The zero-order valence-electron chi connectivity index (χ0n) is 13.7. The number of carbonyl (C=O) groups excluding carboxylic acids is 1. The Balaban J connectivity index is 1.93. The summed E-state index contributed by atoms with van der Waals surface area (Å²) < 4.78 is 15.7. The van der Waals surface area contributed by atoms with Crippen LogP contribution in [-0.4, -0.2) is 26.1 Å². The van der Waals surface area contributed by atoms with E-state index < -0.39 is 5.97 Å². The van der Waals surface area contributed by atoms with Crippen LogP contribution in [0.5, 0.6) is 11.5 Å². The summed E-state index contributed by atoms with van der Waals surface area (Å²) in [5, 5.41) is 0. The van der Waals surface area contributed by atoms with Crippen LogP contribution in [0.4, 0.5) is 0 Å². The molecule has 2 aromatic carbocycles. The number of hydrogen-bond donors (Lipinski definition) is 0. The number of cyclic esters (lactones) is 1. The molecular weight excluding hydrogens is 306 g/mol. The molecule has 0 aliphatic carbocycles. The van der Waals surface area contributed by atoms with E-state index in [1.54, 1.807) is 38.5 Å². The molecule has 0 bridgehead atoms. The van der Waals surface area contributed by atoms with E-state index in [9.17, 15) is 4.79 Å². The number of esters is 1. The van der Waals surface area contributed by atoms with Gasteiger partial charge in [-0.25, -0.2) is 9.79 Å². The number of aryl methyl sites for hydroxylation is 1. The van der Waals surface area contributed by atoms with E-state index in [1.165, 1.54) is 0 Å². The topological polar surface area (TPSA) is 57.1 Å². The summed E-state index contributed by atoms with van der Waals surface area (Å²) >= 11 is 0. The second-order valence-electron chi connectivity index (χ2n) is 5.32. The second kappa shape index (κ2) is 6.58. The first kappa shape index (κ1) is 15.8. The lowest BCUT2D eigenvalue weighted by Crippen LogP contribution is -2.05. The van der Waals surface area contributed by atoms with Crippen molar-refractivity contribution in [2.45, 2.75) is 6.92 Å². The summed E-state index contributed by atoms with van der Waals surface area (Å²) in [6.45, 7) is 2.01. The minimum absolute atomic E-state index is 0.249. The molecule has 0 spiro atoms. The van der Waals surface area contributed by atoms with E-state index >= 15 is 0 Å². The maximum Gasteiger partial charge on any atom is 0.363 e. The summed E-state index contributed by atoms with van der Waals surface area (Å²) in [5.41, 5.74) is 2.96. The van der Waals surface area contributed by atoms with Crippen molar-refractivity contribution < 1.29 is 19.0 Å². The first-order valence-corrected chi connectivity index (χ1v) is 7.42. The lowest BCUT2D eigenvalue weighted by molar-refractivity contribution is -0.129. The Labute approximate surface area is 140 Å². The van der Waals surface area contributed by atoms with Crippen LogP contribution in [0.2, 0.25) is 0 Å². The van der Waals surface area contributed by atoms with Gasteiger partial charge in [-0.15, -0.1) is 0 Å². The van der Waals surface area contributed by atoms with Crippen LogP contribution in [0.1, 0.15) is 16.7 Å². The molecule has 1 heterocycles. The number of ether oxygens (including phenoxy) is 3. The first-order valence-electron chi connectivity index (χ1n) is 7.42. The van der Waals surface area contributed by atoms with Crippen molar-refractivity contribution in [2.75, 3.05) is 14.2 Å². The molecule has 0 N–H and O–H groups in total. The van der Waals surface area contributed by atoms with Gasteiger partial charge < -0.3 is 14.2 Å². The van der Waals surface area contributed by atoms with Gasteiger partial charge in [0, 0.05) is 5.56 Å². The summed E-state index contributed by atoms with van der Waals surface area (Å²) in [6, 6.07) is 13.0. The van der Waals surface area contributed by atoms with E-state index in [4.69, 9.17) is 14.2 Å². The van der Waals surface area contributed by atoms with Crippen LogP contribution in [0, 0.1) is 6.92 Å². The SMILES string of the molecule is COc1ccc(C2=N/C(=C/c3ccc(C)cc3)C(=O)O2)cc1OC. The highest BCUT2D eigenvalue weighted by molar-refractivity contribution is 6.13. The zero-order chi connectivity index (χ0) is 17.1. The Hall–Kier alpha value is -3.08. The standard InChI is InChI=1S/C19H17NO4/c1-12-4-6-13(7-5-12)10-15-19(21)24-18(20-15)14-8-9-16(22-2)17(11-14)23-3/h4-11H,1-3H3/b15-10+. The van der Waals surface area contributed by atoms with Gasteiger partial charge in [0.05, 0.1) is 14.2 Å². The molecule has 0 aromatic heterocycles. The van der Waals surface area contributed by atoms with Gasteiger partial charge in [-0.3, -0.25) is 0 Å². The quantitative estimate of drug-likeness (QED) is 0.639. The third-order valence-electron chi connectivity index (χ3n) is 3.63. The Bertz CT molecular complexity index is 835. The predicted octanol–water partition coefficient (Wildman–Crippen LogP) is 3.36. The van der Waals surface area contributed by atoms with E-state index in [-0.39, 0.29) is 11.6 Å². The number of benzene rings is 2. The predicted molar refractivity (Wildman–Crippen MR) is 91.3 cm³/mol. The highest BCUT2D eigenvalue weighted by atomic mass is 16.6. The van der Waals surface area contributed by atoms with Gasteiger partial charge >= 0.3 is 5.97 Å². The minimum atomic E-state index is -0.472. The van der Waals surface area contributed by atoms with Gasteiger partial charge in [0.1, 0.15) is 0 Å². The average molecular weight is 323 g/mol. The van der Waals surface area contributed by atoms with Crippen LogP contribution in [0.3, 0.4) is 0 Å². The van der Waals surface area contributed by atoms with Crippen molar-refractivity contribution in [3.8, 4) is 11.5 Å². The fourth-order valence-electron chi connectivity index (χ4n) is 2.32. The van der Waals surface area contributed by atoms with Crippen LogP contribution in [0.25, 0.3) is 6.08 Å². The number of nitrogens with zero attached hydrogens (tertiary/aromatic N) is 1. The Kier molecular flexibility index (Phi) is 4.33. The minimum Gasteiger partial charge on any atom is -0.493 e. The molecule has 5 nitrogen and oxygen atoms in total. The first-order chi connectivity index (χ1) is 11.6. The van der Waals surface area contributed by atoms with Gasteiger partial charge in [0.25, 0.3) is 0 Å². The van der Waals surface area contributed by atoms with E-state index in [0.29, 0.717) is 17.1 Å². The van der Waals surface area contributed by atoms with E-state index in [1.807, 2.05) is 31.2 Å². The number of methoxy groups -OCH3 is 2. The molecular formula is C19H17NO4. The van der Waals surface area contributed by atoms with Crippen molar-refractivity contribution in [1.82, 2.24) is 0 Å². The molecule has 3 rings (SSSR count). The van der Waals surface area contributed by atoms with Crippen LogP contribution < -0.4 is 9.47 Å². The summed E-state index contributed by atoms with van der Waals surface area (Å²) in [4.78, 5) is 16.3. The molecule has 24 heavy (non-hydrogen) atoms. The number of rotatable bonds is 4. The van der Waals surface area contributed by atoms with Gasteiger partial charge in [-0.05, 0) is 36.8 Å². The van der Waals surface area contributed by atoms with Crippen molar-refractivity contribution in [3.63, 3.8) is 0 Å². The molecule has 0 radical (unpaired) electrons. The van der Waals surface area contributed by atoms with Gasteiger partial charge in [0.15, 0.2) is 17.2 Å². The fraction of sp³-hybridized carbons (Fsp3) is 0.158. The van der Waals surface area contributed by atoms with Crippen LogP contribution >= 0.6 is 0 Å². The maximum atomic E-state index is 12.0. The normalized spacial score (nSPS) is 15.2. The monoisotopic (exact) mass is 323 g/mol. The van der Waals surface area contributed by atoms with Crippen molar-refractivity contribution in [1.29, 1.82) is 0 Å². The zero-order valence-corrected chi connectivity index (χ0v) is 13.7. The molecule has 0 amide bonds. The fourth-order valence-corrected chi connectivity index (χ4v) is 2.32. The third-order valence-corrected chi connectivity index (χ3v) is 3.63. The lowest BCUT2D eigenvalue weighted by atomic mass is 10.1. The van der Waals surface area contributed by atoms with Crippen molar-refractivity contribution in [2.24, 2.45) is 4.99 Å². The van der Waals surface area contributed by atoms with E-state index in [0.717, 1.165) is 11.1 Å². The summed E-state index contributed by atoms with van der Waals surface area (Å²) in [7, 11) is 3.11. The largest absolute Gasteiger partial charge is 0.493 e. The smallest absolute Gasteiger partial charge is 0.363 e. The van der Waals surface area contributed by atoms with Gasteiger partial charge in [-0.2, -0.15) is 0 Å². The van der Waals surface area contributed by atoms with Crippen molar-refractivity contribution in [3.05, 3.63) is 64.9 Å². The molecule has 0 saturated heterocycles. The lowest BCUT2D eigenvalue weighted by Gasteiger charge is -2.08. The number of carbonyl (C=O) groups is 1. The van der Waals surface area contributed by atoms with Crippen LogP contribution in [-0.2, 0) is 9.53 Å². The highest BCUT2D eigenvalue weighted by Gasteiger charge is 2.24. The molecule has 1 aliphatic heterocycles. The van der Waals surface area contributed by atoms with Gasteiger partial charge in [0.2, 0.25) is 5.90 Å². The molecule has 2 aromatic rings. The van der Waals surface area contributed by atoms with Gasteiger partial charge in [-0.1, -0.05) is 29.8 Å². The Morgan fingerprint density at radius 3 is 2.38 bits per heavy atom. The number of hydrogen-bond acceptors (Lipinski definition) is 5. The second-order valence-corrected chi connectivity index (χ2v) is 5.32.